The number of fused-ring (bicyclic) bond motifs is 1. The SMILES string of the molecule is COc1ccc(CC2(C(=O)NCc3ccc4c(c3)OCO4)CC=NN2C(=O)NCCc2ccccc2)cc1OC. The fourth-order valence-electron chi connectivity index (χ4n) is 4.89. The van der Waals surface area contributed by atoms with E-state index in [4.69, 9.17) is 18.9 Å². The number of urea groups is 1. The van der Waals surface area contributed by atoms with E-state index in [1.54, 1.807) is 26.5 Å². The van der Waals surface area contributed by atoms with E-state index >= 15 is 0 Å². The first-order valence-corrected chi connectivity index (χ1v) is 13.0. The van der Waals surface area contributed by atoms with Crippen molar-refractivity contribution in [1.29, 1.82) is 0 Å². The largest absolute Gasteiger partial charge is 0.493 e. The van der Waals surface area contributed by atoms with Crippen LogP contribution in [0, 0.1) is 0 Å². The van der Waals surface area contributed by atoms with Crippen molar-refractivity contribution in [2.45, 2.75) is 31.3 Å². The lowest BCUT2D eigenvalue weighted by molar-refractivity contribution is -0.131. The molecule has 0 radical (unpaired) electrons. The number of nitrogens with one attached hydrogen (secondary N) is 2. The van der Waals surface area contributed by atoms with Crippen LogP contribution in [0.15, 0.2) is 71.8 Å². The van der Waals surface area contributed by atoms with Gasteiger partial charge in [0.05, 0.1) is 14.2 Å². The van der Waals surface area contributed by atoms with Crippen molar-refractivity contribution in [3.05, 3.63) is 83.4 Å². The van der Waals surface area contributed by atoms with E-state index in [1.807, 2.05) is 60.7 Å². The fraction of sp³-hybridized carbons (Fsp3) is 0.300. The number of carbonyl (C=O) groups excluding carboxylic acids is 2. The number of methoxy groups -OCH3 is 2. The molecule has 2 heterocycles. The van der Waals surface area contributed by atoms with Gasteiger partial charge >= 0.3 is 6.03 Å². The summed E-state index contributed by atoms with van der Waals surface area (Å²) in [6.07, 6.45) is 2.73. The molecule has 208 valence electrons. The van der Waals surface area contributed by atoms with Gasteiger partial charge in [-0.15, -0.1) is 0 Å². The minimum Gasteiger partial charge on any atom is -0.493 e. The highest BCUT2D eigenvalue weighted by Crippen LogP contribution is 2.35. The molecule has 10 nitrogen and oxygen atoms in total. The molecule has 1 atom stereocenters. The smallest absolute Gasteiger partial charge is 0.338 e. The van der Waals surface area contributed by atoms with E-state index in [9.17, 15) is 9.59 Å². The maximum Gasteiger partial charge on any atom is 0.338 e. The molecule has 3 aromatic carbocycles. The van der Waals surface area contributed by atoms with Crippen molar-refractivity contribution < 1.29 is 28.5 Å². The summed E-state index contributed by atoms with van der Waals surface area (Å²) < 4.78 is 21.7. The van der Waals surface area contributed by atoms with Crippen LogP contribution in [-0.2, 0) is 24.2 Å². The van der Waals surface area contributed by atoms with E-state index in [-0.39, 0.29) is 32.1 Å². The van der Waals surface area contributed by atoms with E-state index in [0.717, 1.165) is 16.7 Å². The van der Waals surface area contributed by atoms with Gasteiger partial charge in [-0.05, 0) is 47.4 Å². The van der Waals surface area contributed by atoms with Crippen molar-refractivity contribution in [3.63, 3.8) is 0 Å². The predicted molar refractivity (Wildman–Crippen MR) is 149 cm³/mol. The topological polar surface area (TPSA) is 111 Å². The summed E-state index contributed by atoms with van der Waals surface area (Å²) in [6, 6.07) is 20.4. The van der Waals surface area contributed by atoms with Crippen LogP contribution in [0.4, 0.5) is 4.79 Å². The van der Waals surface area contributed by atoms with Gasteiger partial charge < -0.3 is 29.6 Å². The van der Waals surface area contributed by atoms with Gasteiger partial charge in [-0.2, -0.15) is 10.1 Å². The van der Waals surface area contributed by atoms with Gasteiger partial charge in [-0.3, -0.25) is 4.79 Å². The van der Waals surface area contributed by atoms with E-state index in [1.165, 1.54) is 5.01 Å². The average molecular weight is 545 g/mol. The van der Waals surface area contributed by atoms with Gasteiger partial charge in [0.2, 0.25) is 12.7 Å². The third-order valence-corrected chi connectivity index (χ3v) is 7.01. The van der Waals surface area contributed by atoms with Crippen molar-refractivity contribution in [1.82, 2.24) is 15.6 Å². The number of hydrogen-bond acceptors (Lipinski definition) is 7. The number of benzene rings is 3. The highest BCUT2D eigenvalue weighted by atomic mass is 16.7. The van der Waals surface area contributed by atoms with Gasteiger partial charge in [-0.1, -0.05) is 42.5 Å². The van der Waals surface area contributed by atoms with Gasteiger partial charge in [0.15, 0.2) is 28.5 Å². The zero-order valence-corrected chi connectivity index (χ0v) is 22.5. The predicted octanol–water partition coefficient (Wildman–Crippen LogP) is 3.67. The lowest BCUT2D eigenvalue weighted by Gasteiger charge is -2.35. The quantitative estimate of drug-likeness (QED) is 0.403. The van der Waals surface area contributed by atoms with Crippen molar-refractivity contribution in [2.24, 2.45) is 5.10 Å². The number of hydrazone groups is 1. The van der Waals surface area contributed by atoms with E-state index < -0.39 is 11.6 Å². The number of nitrogens with zero attached hydrogens (tertiary/aromatic N) is 2. The molecule has 1 unspecified atom stereocenters. The van der Waals surface area contributed by atoms with Gasteiger partial charge in [0.1, 0.15) is 0 Å². The number of carbonyl (C=O) groups is 2. The molecule has 0 aromatic heterocycles. The molecule has 3 amide bonds. The summed E-state index contributed by atoms with van der Waals surface area (Å²) >= 11 is 0. The number of ether oxygens (including phenoxy) is 4. The molecule has 40 heavy (non-hydrogen) atoms. The van der Waals surface area contributed by atoms with E-state index in [2.05, 4.69) is 15.7 Å². The van der Waals surface area contributed by atoms with Crippen LogP contribution < -0.4 is 29.6 Å². The second-order valence-electron chi connectivity index (χ2n) is 9.55. The van der Waals surface area contributed by atoms with Crippen LogP contribution in [-0.4, -0.2) is 56.3 Å². The molecular weight excluding hydrogens is 512 g/mol. The Labute approximate surface area is 232 Å². The third kappa shape index (κ3) is 5.66. The summed E-state index contributed by atoms with van der Waals surface area (Å²) in [4.78, 5) is 27.4. The summed E-state index contributed by atoms with van der Waals surface area (Å²) in [5.41, 5.74) is 1.46. The maximum atomic E-state index is 13.9. The Morgan fingerprint density at radius 1 is 0.900 bits per heavy atom. The fourth-order valence-corrected chi connectivity index (χ4v) is 4.89. The lowest BCUT2D eigenvalue weighted by Crippen LogP contribution is -2.60. The van der Waals surface area contributed by atoms with Gasteiger partial charge in [0.25, 0.3) is 0 Å². The Morgan fingerprint density at radius 3 is 2.48 bits per heavy atom. The minimum absolute atomic E-state index is 0.172. The molecule has 2 aliphatic rings. The van der Waals surface area contributed by atoms with Crippen LogP contribution in [0.2, 0.25) is 0 Å². The molecule has 0 spiro atoms. The first-order valence-electron chi connectivity index (χ1n) is 13.0. The highest BCUT2D eigenvalue weighted by molar-refractivity contribution is 5.95. The summed E-state index contributed by atoms with van der Waals surface area (Å²) in [7, 11) is 3.12. The molecule has 0 saturated carbocycles. The zero-order valence-electron chi connectivity index (χ0n) is 22.5. The van der Waals surface area contributed by atoms with Crippen LogP contribution in [0.25, 0.3) is 0 Å². The van der Waals surface area contributed by atoms with Gasteiger partial charge in [-0.25, -0.2) is 4.79 Å². The lowest BCUT2D eigenvalue weighted by atomic mass is 9.86. The van der Waals surface area contributed by atoms with Crippen molar-refractivity contribution in [2.75, 3.05) is 27.6 Å². The van der Waals surface area contributed by atoms with Crippen molar-refractivity contribution >= 4 is 18.2 Å². The van der Waals surface area contributed by atoms with Crippen molar-refractivity contribution in [3.8, 4) is 23.0 Å². The third-order valence-electron chi connectivity index (χ3n) is 7.01. The number of rotatable bonds is 10. The molecule has 2 N–H and O–H groups in total. The molecule has 0 bridgehead atoms. The molecular formula is C30H32N4O6. The Bertz CT molecular complexity index is 1400. The monoisotopic (exact) mass is 544 g/mol. The minimum atomic E-state index is -1.28. The van der Waals surface area contributed by atoms with Crippen LogP contribution in [0.3, 0.4) is 0 Å². The average Bonchev–Trinajstić information content (AvgIpc) is 3.64. The Kier molecular flexibility index (Phi) is 8.04. The molecule has 0 aliphatic carbocycles. The van der Waals surface area contributed by atoms with Crippen LogP contribution in [0.5, 0.6) is 23.0 Å². The number of hydrogen-bond donors (Lipinski definition) is 2. The first kappa shape index (κ1) is 26.9. The molecule has 2 aliphatic heterocycles. The standard InChI is InChI=1S/C30H32N4O6/c1-37-24-10-8-22(16-26(24)38-2)18-30(28(35)32-19-23-9-11-25-27(17-23)40-20-39-25)13-15-33-34(30)29(36)31-14-12-21-6-4-3-5-7-21/h3-11,15-17H,12-14,18-20H2,1-2H3,(H,31,36)(H,32,35). The summed E-state index contributed by atoms with van der Waals surface area (Å²) in [5.74, 6) is 2.09. The molecule has 10 heteroatoms. The first-order chi connectivity index (χ1) is 19.5. The van der Waals surface area contributed by atoms with Gasteiger partial charge in [0, 0.05) is 32.1 Å². The summed E-state index contributed by atoms with van der Waals surface area (Å²) in [6.45, 7) is 0.817. The molecule has 3 aromatic rings. The van der Waals surface area contributed by atoms with E-state index in [0.29, 0.717) is 36.0 Å². The normalized spacial score (nSPS) is 17.0. The maximum absolute atomic E-state index is 13.9. The second-order valence-corrected chi connectivity index (χ2v) is 9.55. The second kappa shape index (κ2) is 12.0. The highest BCUT2D eigenvalue weighted by Gasteiger charge is 2.49. The zero-order chi connectivity index (χ0) is 28.0. The Hall–Kier alpha value is -4.73. The number of amides is 3. The molecule has 0 fully saturated rings. The van der Waals surface area contributed by atoms with Crippen LogP contribution >= 0.6 is 0 Å². The Balaban J connectivity index is 1.36. The van der Waals surface area contributed by atoms with Crippen LogP contribution in [0.1, 0.15) is 23.1 Å². The molecule has 0 saturated heterocycles. The Morgan fingerprint density at radius 2 is 1.68 bits per heavy atom. The summed E-state index contributed by atoms with van der Waals surface area (Å²) in [5, 5.41) is 11.6. The molecule has 5 rings (SSSR count).